The number of phenols is 1. The van der Waals surface area contributed by atoms with Crippen molar-refractivity contribution in [1.82, 2.24) is 0 Å². The van der Waals surface area contributed by atoms with Gasteiger partial charge in [0, 0.05) is 17.8 Å². The minimum atomic E-state index is -0.738. The van der Waals surface area contributed by atoms with Crippen molar-refractivity contribution < 1.29 is 19.4 Å². The van der Waals surface area contributed by atoms with E-state index in [2.05, 4.69) is 4.99 Å². The number of phenolic OH excluding ortho intramolecular Hbond substituents is 1. The number of carbonyl (C=O) groups is 1. The fraction of sp³-hybridized carbons (Fsp3) is 0.300. The highest BCUT2D eigenvalue weighted by Gasteiger charge is 2.21. The second-order valence-corrected chi connectivity index (χ2v) is 6.44. The van der Waals surface area contributed by atoms with Crippen molar-refractivity contribution in [2.24, 2.45) is 10.9 Å². The maximum Gasteiger partial charge on any atom is 0.329 e. The van der Waals surface area contributed by atoms with Gasteiger partial charge in [-0.05, 0) is 49.2 Å². The van der Waals surface area contributed by atoms with E-state index in [-0.39, 0.29) is 17.4 Å². The van der Waals surface area contributed by atoms with E-state index >= 15 is 0 Å². The second-order valence-electron chi connectivity index (χ2n) is 5.97. The number of rotatable bonds is 7. The summed E-state index contributed by atoms with van der Waals surface area (Å²) in [6.07, 6.45) is 1.54. The van der Waals surface area contributed by atoms with Gasteiger partial charge in [0.1, 0.15) is 22.6 Å². The highest BCUT2D eigenvalue weighted by Crippen LogP contribution is 2.25. The Kier molecular flexibility index (Phi) is 7.04. The Hall–Kier alpha value is -2.53. The Morgan fingerprint density at radius 2 is 1.85 bits per heavy atom. The lowest BCUT2D eigenvalue weighted by Gasteiger charge is -2.12. The zero-order valence-electron chi connectivity index (χ0n) is 15.0. The first-order valence-electron chi connectivity index (χ1n) is 8.36. The first-order chi connectivity index (χ1) is 12.4. The van der Waals surface area contributed by atoms with Gasteiger partial charge in [-0.15, -0.1) is 11.6 Å². The molecule has 1 atom stereocenters. The Morgan fingerprint density at radius 3 is 2.42 bits per heavy atom. The molecule has 26 heavy (non-hydrogen) atoms. The Bertz CT molecular complexity index is 772. The molecular weight excluding hydrogens is 354 g/mol. The number of ether oxygens (including phenoxy) is 2. The van der Waals surface area contributed by atoms with E-state index in [1.54, 1.807) is 12.1 Å². The summed E-state index contributed by atoms with van der Waals surface area (Å²) in [5.41, 5.74) is 1.23. The number of halogens is 1. The summed E-state index contributed by atoms with van der Waals surface area (Å²) >= 11 is 5.97. The zero-order chi connectivity index (χ0) is 19.1. The van der Waals surface area contributed by atoms with E-state index in [0.717, 1.165) is 11.4 Å². The van der Waals surface area contributed by atoms with Crippen LogP contribution in [0.2, 0.25) is 0 Å². The predicted molar refractivity (Wildman–Crippen MR) is 103 cm³/mol. The summed E-state index contributed by atoms with van der Waals surface area (Å²) < 4.78 is 10.6. The number of esters is 1. The third kappa shape index (κ3) is 5.49. The summed E-state index contributed by atoms with van der Waals surface area (Å²) in [6, 6.07) is 11.9. The van der Waals surface area contributed by atoms with Gasteiger partial charge in [-0.2, -0.15) is 0 Å². The monoisotopic (exact) mass is 375 g/mol. The molecule has 0 aliphatic rings. The van der Waals surface area contributed by atoms with Crippen molar-refractivity contribution in [3.63, 3.8) is 0 Å². The maximum absolute atomic E-state index is 11.9. The Morgan fingerprint density at radius 1 is 1.19 bits per heavy atom. The zero-order valence-corrected chi connectivity index (χ0v) is 15.7. The van der Waals surface area contributed by atoms with Crippen LogP contribution >= 0.6 is 11.6 Å². The molecule has 138 valence electrons. The van der Waals surface area contributed by atoms with Crippen molar-refractivity contribution in [2.45, 2.75) is 26.1 Å². The van der Waals surface area contributed by atoms with Gasteiger partial charge in [-0.25, -0.2) is 0 Å². The smallest absolute Gasteiger partial charge is 0.329 e. The van der Waals surface area contributed by atoms with Crippen LogP contribution in [0, 0.1) is 5.92 Å². The van der Waals surface area contributed by atoms with Crippen LogP contribution in [0.25, 0.3) is 0 Å². The highest BCUT2D eigenvalue weighted by molar-refractivity contribution is 6.30. The molecule has 0 saturated heterocycles. The van der Waals surface area contributed by atoms with Gasteiger partial charge >= 0.3 is 5.97 Å². The number of alkyl halides is 1. The van der Waals surface area contributed by atoms with E-state index < -0.39 is 11.3 Å². The molecule has 0 radical (unpaired) electrons. The number of nitrogens with zero attached hydrogens (tertiary/aromatic N) is 1. The molecule has 2 aromatic carbocycles. The van der Waals surface area contributed by atoms with E-state index in [1.807, 2.05) is 45.0 Å². The molecule has 0 amide bonds. The van der Waals surface area contributed by atoms with Gasteiger partial charge < -0.3 is 14.6 Å². The van der Waals surface area contributed by atoms with Crippen molar-refractivity contribution in [3.05, 3.63) is 48.0 Å². The molecule has 1 unspecified atom stereocenters. The van der Waals surface area contributed by atoms with Crippen molar-refractivity contribution in [1.29, 1.82) is 0 Å². The van der Waals surface area contributed by atoms with Crippen molar-refractivity contribution in [3.8, 4) is 17.2 Å². The van der Waals surface area contributed by atoms with Crippen LogP contribution in [0.4, 0.5) is 5.69 Å². The molecular formula is C20H22ClNO4. The van der Waals surface area contributed by atoms with Crippen LogP contribution in [-0.4, -0.2) is 29.3 Å². The Labute approximate surface area is 158 Å². The van der Waals surface area contributed by atoms with Crippen LogP contribution in [0.15, 0.2) is 47.5 Å². The number of hydrogen-bond acceptors (Lipinski definition) is 5. The Balaban J connectivity index is 2.06. The average Bonchev–Trinajstić information content (AvgIpc) is 2.61. The molecule has 2 rings (SSSR count). The molecule has 1 N–H and O–H groups in total. The average molecular weight is 376 g/mol. The van der Waals surface area contributed by atoms with Crippen molar-refractivity contribution in [2.75, 3.05) is 6.61 Å². The van der Waals surface area contributed by atoms with E-state index in [0.29, 0.717) is 12.2 Å². The number of aromatic hydroxyl groups is 1. The second kappa shape index (κ2) is 9.25. The lowest BCUT2D eigenvalue weighted by Crippen LogP contribution is -2.25. The quantitative estimate of drug-likeness (QED) is 0.329. The summed E-state index contributed by atoms with van der Waals surface area (Å²) in [7, 11) is 0. The minimum absolute atomic E-state index is 0.0411. The number of carbonyl (C=O) groups excluding carboxylic acids is 1. The SMILES string of the molecule is CCOc1ccc(N=Cc2ccc(OC(=O)C(Cl)C(C)C)cc2O)cc1. The standard InChI is InChI=1S/C20H22ClNO4/c1-4-25-16-9-6-15(7-10-16)22-12-14-5-8-17(11-18(14)23)26-20(24)19(21)13(2)3/h5-13,19,23H,4H2,1-3H3. The molecule has 2 aromatic rings. The number of aliphatic imine (C=N–C) groups is 1. The summed E-state index contributed by atoms with van der Waals surface area (Å²) in [5, 5.41) is 9.37. The van der Waals surface area contributed by atoms with Gasteiger partial charge in [-0.1, -0.05) is 13.8 Å². The molecule has 0 saturated carbocycles. The lowest BCUT2D eigenvalue weighted by atomic mass is 10.1. The molecule has 0 bridgehead atoms. The normalized spacial score (nSPS) is 12.3. The number of hydrogen-bond donors (Lipinski definition) is 1. The topological polar surface area (TPSA) is 68.1 Å². The van der Waals surface area contributed by atoms with E-state index in [1.165, 1.54) is 12.3 Å². The van der Waals surface area contributed by atoms with E-state index in [4.69, 9.17) is 21.1 Å². The minimum Gasteiger partial charge on any atom is -0.507 e. The summed E-state index contributed by atoms with van der Waals surface area (Å²) in [4.78, 5) is 16.2. The fourth-order valence-electron chi connectivity index (χ4n) is 2.08. The molecule has 5 nitrogen and oxygen atoms in total. The molecule has 0 fully saturated rings. The van der Waals surface area contributed by atoms with Gasteiger partial charge in [0.05, 0.1) is 12.3 Å². The van der Waals surface area contributed by atoms with E-state index in [9.17, 15) is 9.90 Å². The first-order valence-corrected chi connectivity index (χ1v) is 8.80. The lowest BCUT2D eigenvalue weighted by molar-refractivity contribution is -0.134. The predicted octanol–water partition coefficient (Wildman–Crippen LogP) is 4.71. The van der Waals surface area contributed by atoms with Gasteiger partial charge in [0.15, 0.2) is 0 Å². The number of benzene rings is 2. The molecule has 0 aromatic heterocycles. The molecule has 0 aliphatic carbocycles. The molecule has 0 heterocycles. The van der Waals surface area contributed by atoms with Crippen LogP contribution < -0.4 is 9.47 Å². The molecule has 6 heteroatoms. The molecule has 0 aliphatic heterocycles. The van der Waals surface area contributed by atoms with Crippen molar-refractivity contribution >= 4 is 29.5 Å². The first kappa shape index (κ1) is 19.8. The van der Waals surface area contributed by atoms with Crippen LogP contribution in [0.5, 0.6) is 17.2 Å². The summed E-state index contributed by atoms with van der Waals surface area (Å²) in [6.45, 7) is 6.19. The van der Waals surface area contributed by atoms with Crippen LogP contribution in [-0.2, 0) is 4.79 Å². The highest BCUT2D eigenvalue weighted by atomic mass is 35.5. The third-order valence-electron chi connectivity index (χ3n) is 3.53. The summed E-state index contributed by atoms with van der Waals surface area (Å²) in [5.74, 6) is 0.382. The maximum atomic E-state index is 11.9. The van der Waals surface area contributed by atoms with Gasteiger partial charge in [0.2, 0.25) is 0 Å². The largest absolute Gasteiger partial charge is 0.507 e. The van der Waals surface area contributed by atoms with Gasteiger partial charge in [0.25, 0.3) is 0 Å². The van der Waals surface area contributed by atoms with Crippen LogP contribution in [0.1, 0.15) is 26.3 Å². The van der Waals surface area contributed by atoms with Crippen LogP contribution in [0.3, 0.4) is 0 Å². The third-order valence-corrected chi connectivity index (χ3v) is 4.21. The fourth-order valence-corrected chi connectivity index (χ4v) is 2.12. The molecule has 0 spiro atoms. The van der Waals surface area contributed by atoms with Gasteiger partial charge in [-0.3, -0.25) is 9.79 Å².